The van der Waals surface area contributed by atoms with Crippen LogP contribution in [-0.2, 0) is 16.1 Å². The number of carbonyl (C=O) groups is 1. The molecule has 1 saturated heterocycles. The van der Waals surface area contributed by atoms with E-state index in [9.17, 15) is 9.18 Å². The first-order chi connectivity index (χ1) is 15.5. The van der Waals surface area contributed by atoms with Gasteiger partial charge in [0.25, 0.3) is 0 Å². The molecule has 3 aromatic rings. The largest absolute Gasteiger partial charge is 0.376 e. The molecule has 2 heterocycles. The van der Waals surface area contributed by atoms with Crippen molar-refractivity contribution in [2.24, 2.45) is 0 Å². The highest BCUT2D eigenvalue weighted by molar-refractivity contribution is 7.99. The van der Waals surface area contributed by atoms with Crippen molar-refractivity contribution in [3.63, 3.8) is 0 Å². The Morgan fingerprint density at radius 3 is 2.59 bits per heavy atom. The van der Waals surface area contributed by atoms with Crippen LogP contribution in [0.4, 0.5) is 10.1 Å². The summed E-state index contributed by atoms with van der Waals surface area (Å²) in [7, 11) is 0. The van der Waals surface area contributed by atoms with Gasteiger partial charge in [-0.15, -0.1) is 10.2 Å². The number of aromatic nitrogens is 3. The normalized spacial score (nSPS) is 15.9. The second kappa shape index (κ2) is 10.3. The lowest BCUT2D eigenvalue weighted by Gasteiger charge is -2.15. The lowest BCUT2D eigenvalue weighted by molar-refractivity contribution is -0.113. The minimum atomic E-state index is -0.299. The van der Waals surface area contributed by atoms with Crippen LogP contribution < -0.4 is 5.32 Å². The number of ether oxygens (including phenoxy) is 1. The van der Waals surface area contributed by atoms with Gasteiger partial charge < -0.3 is 10.1 Å². The third kappa shape index (κ3) is 5.55. The smallest absolute Gasteiger partial charge is 0.234 e. The van der Waals surface area contributed by atoms with Gasteiger partial charge in [-0.05, 0) is 60.7 Å². The van der Waals surface area contributed by atoms with Gasteiger partial charge in [0.2, 0.25) is 5.91 Å². The van der Waals surface area contributed by atoms with E-state index in [1.165, 1.54) is 29.5 Å². The molecule has 6 nitrogen and oxygen atoms in total. The predicted molar refractivity (Wildman–Crippen MR) is 124 cm³/mol. The van der Waals surface area contributed by atoms with Crippen molar-refractivity contribution in [2.75, 3.05) is 17.7 Å². The van der Waals surface area contributed by atoms with E-state index in [1.807, 2.05) is 28.8 Å². The van der Waals surface area contributed by atoms with E-state index >= 15 is 0 Å². The van der Waals surface area contributed by atoms with Crippen molar-refractivity contribution in [3.05, 3.63) is 59.9 Å². The van der Waals surface area contributed by atoms with E-state index in [1.54, 1.807) is 12.1 Å². The van der Waals surface area contributed by atoms with E-state index in [-0.39, 0.29) is 23.6 Å². The summed E-state index contributed by atoms with van der Waals surface area (Å²) < 4.78 is 21.1. The molecule has 32 heavy (non-hydrogen) atoms. The molecule has 0 saturated carbocycles. The number of halogens is 1. The Labute approximate surface area is 191 Å². The second-order valence-corrected chi connectivity index (χ2v) is 9.11. The van der Waals surface area contributed by atoms with Gasteiger partial charge >= 0.3 is 0 Å². The molecule has 1 aliphatic rings. The Kier molecular flexibility index (Phi) is 7.22. The molecule has 168 valence electrons. The Morgan fingerprint density at radius 2 is 1.94 bits per heavy atom. The maximum Gasteiger partial charge on any atom is 0.234 e. The van der Waals surface area contributed by atoms with Crippen molar-refractivity contribution in [3.8, 4) is 11.4 Å². The molecule has 1 amide bonds. The van der Waals surface area contributed by atoms with Crippen LogP contribution in [0.15, 0.2) is 53.7 Å². The molecule has 1 aliphatic heterocycles. The molecule has 0 bridgehead atoms. The molecular weight excluding hydrogens is 427 g/mol. The fourth-order valence-electron chi connectivity index (χ4n) is 3.64. The predicted octanol–water partition coefficient (Wildman–Crippen LogP) is 5.12. The van der Waals surface area contributed by atoms with E-state index in [4.69, 9.17) is 4.74 Å². The average molecular weight is 455 g/mol. The Morgan fingerprint density at radius 1 is 1.19 bits per heavy atom. The van der Waals surface area contributed by atoms with Crippen LogP contribution in [0, 0.1) is 5.82 Å². The Bertz CT molecular complexity index is 1040. The van der Waals surface area contributed by atoms with Gasteiger partial charge in [-0.3, -0.25) is 9.36 Å². The molecule has 1 fully saturated rings. The van der Waals surface area contributed by atoms with Gasteiger partial charge in [-0.1, -0.05) is 37.7 Å². The van der Waals surface area contributed by atoms with E-state index in [0.717, 1.165) is 30.7 Å². The molecule has 1 unspecified atom stereocenters. The molecule has 2 aromatic carbocycles. The first-order valence-corrected chi connectivity index (χ1v) is 11.8. The molecule has 0 radical (unpaired) electrons. The maximum absolute atomic E-state index is 13.4. The lowest BCUT2D eigenvalue weighted by Crippen LogP contribution is -2.18. The van der Waals surface area contributed by atoms with Gasteiger partial charge in [-0.2, -0.15) is 0 Å². The van der Waals surface area contributed by atoms with Crippen molar-refractivity contribution >= 4 is 23.4 Å². The van der Waals surface area contributed by atoms with Crippen LogP contribution in [0.5, 0.6) is 0 Å². The number of nitrogens with one attached hydrogen (secondary N) is 1. The number of thioether (sulfide) groups is 1. The van der Waals surface area contributed by atoms with Crippen LogP contribution in [0.2, 0.25) is 0 Å². The SMILES string of the molecule is CC(C)c1ccc(NC(=O)CSc2nnc(-c3ccc(F)cc3)n2CC2CCCO2)cc1. The van der Waals surface area contributed by atoms with E-state index in [2.05, 4.69) is 29.4 Å². The molecule has 1 atom stereocenters. The quantitative estimate of drug-likeness (QED) is 0.479. The zero-order valence-corrected chi connectivity index (χ0v) is 19.1. The molecule has 8 heteroatoms. The van der Waals surface area contributed by atoms with Gasteiger partial charge in [-0.25, -0.2) is 4.39 Å². The van der Waals surface area contributed by atoms with Crippen molar-refractivity contribution in [1.29, 1.82) is 0 Å². The van der Waals surface area contributed by atoms with Crippen LogP contribution in [-0.4, -0.2) is 39.1 Å². The summed E-state index contributed by atoms with van der Waals surface area (Å²) in [4.78, 5) is 12.5. The zero-order valence-electron chi connectivity index (χ0n) is 18.3. The number of benzene rings is 2. The highest BCUT2D eigenvalue weighted by Gasteiger charge is 2.22. The van der Waals surface area contributed by atoms with Gasteiger partial charge in [0, 0.05) is 17.9 Å². The topological polar surface area (TPSA) is 69.0 Å². The third-order valence-electron chi connectivity index (χ3n) is 5.42. The maximum atomic E-state index is 13.4. The van der Waals surface area contributed by atoms with Crippen LogP contribution in [0.3, 0.4) is 0 Å². The fourth-order valence-corrected chi connectivity index (χ4v) is 4.39. The monoisotopic (exact) mass is 454 g/mol. The lowest BCUT2D eigenvalue weighted by atomic mass is 10.0. The summed E-state index contributed by atoms with van der Waals surface area (Å²) in [5.41, 5.74) is 2.78. The molecule has 0 spiro atoms. The molecule has 1 N–H and O–H groups in total. The molecular formula is C24H27FN4O2S. The summed E-state index contributed by atoms with van der Waals surface area (Å²) >= 11 is 1.33. The first kappa shape index (κ1) is 22.5. The minimum absolute atomic E-state index is 0.0813. The van der Waals surface area contributed by atoms with Crippen molar-refractivity contribution < 1.29 is 13.9 Å². The number of rotatable bonds is 8. The number of amides is 1. The second-order valence-electron chi connectivity index (χ2n) is 8.17. The summed E-state index contributed by atoms with van der Waals surface area (Å²) in [6.07, 6.45) is 2.08. The van der Waals surface area contributed by atoms with Crippen LogP contribution in [0.1, 0.15) is 38.2 Å². The number of hydrogen-bond acceptors (Lipinski definition) is 5. The van der Waals surface area contributed by atoms with Gasteiger partial charge in [0.1, 0.15) is 5.82 Å². The highest BCUT2D eigenvalue weighted by Crippen LogP contribution is 2.27. The Balaban J connectivity index is 1.46. The summed E-state index contributed by atoms with van der Waals surface area (Å²) in [5.74, 6) is 0.890. The molecule has 1 aromatic heterocycles. The van der Waals surface area contributed by atoms with Gasteiger partial charge in [0.05, 0.1) is 18.4 Å². The minimum Gasteiger partial charge on any atom is -0.376 e. The van der Waals surface area contributed by atoms with E-state index in [0.29, 0.717) is 23.4 Å². The van der Waals surface area contributed by atoms with Crippen molar-refractivity contribution in [2.45, 2.75) is 50.4 Å². The summed E-state index contributed by atoms with van der Waals surface area (Å²) in [5, 5.41) is 12.2. The number of nitrogens with zero attached hydrogens (tertiary/aromatic N) is 3. The fraction of sp³-hybridized carbons (Fsp3) is 0.375. The zero-order chi connectivity index (χ0) is 22.5. The van der Waals surface area contributed by atoms with Crippen molar-refractivity contribution in [1.82, 2.24) is 14.8 Å². The van der Waals surface area contributed by atoms with Crippen LogP contribution in [0.25, 0.3) is 11.4 Å². The average Bonchev–Trinajstić information content (AvgIpc) is 3.44. The molecule has 0 aliphatic carbocycles. The first-order valence-electron chi connectivity index (χ1n) is 10.8. The number of anilines is 1. The van der Waals surface area contributed by atoms with Crippen LogP contribution >= 0.6 is 11.8 Å². The highest BCUT2D eigenvalue weighted by atomic mass is 32.2. The summed E-state index contributed by atoms with van der Waals surface area (Å²) in [6.45, 7) is 5.62. The number of carbonyl (C=O) groups excluding carboxylic acids is 1. The van der Waals surface area contributed by atoms with E-state index < -0.39 is 0 Å². The Hall–Kier alpha value is -2.71. The number of hydrogen-bond donors (Lipinski definition) is 1. The van der Waals surface area contributed by atoms with Gasteiger partial charge in [0.15, 0.2) is 11.0 Å². The standard InChI is InChI=1S/C24H27FN4O2S/c1-16(2)17-7-11-20(12-8-17)26-22(30)15-32-24-28-27-23(18-5-9-19(25)10-6-18)29(24)14-21-4-3-13-31-21/h5-12,16,21H,3-4,13-15H2,1-2H3,(H,26,30). The molecule has 4 rings (SSSR count). The summed E-state index contributed by atoms with van der Waals surface area (Å²) in [6, 6.07) is 14.1. The third-order valence-corrected chi connectivity index (χ3v) is 6.39.